The molecule has 0 radical (unpaired) electrons. The summed E-state index contributed by atoms with van der Waals surface area (Å²) in [7, 11) is -1.26. The Morgan fingerprint density at radius 2 is 1.81 bits per heavy atom. The van der Waals surface area contributed by atoms with Gasteiger partial charge in [-0.15, -0.1) is 0 Å². The van der Waals surface area contributed by atoms with Gasteiger partial charge in [0.2, 0.25) is 0 Å². The number of aldehydes is 1. The van der Waals surface area contributed by atoms with E-state index in [-0.39, 0.29) is 12.1 Å². The number of rotatable bonds is 8. The molecule has 0 N–H and O–H groups in total. The first-order valence-corrected chi connectivity index (χ1v) is 14.9. The summed E-state index contributed by atoms with van der Waals surface area (Å²) in [5.41, 5.74) is 3.39. The predicted molar refractivity (Wildman–Crippen MR) is 129 cm³/mol. The molecular formula is C25H40O5Si. The highest BCUT2D eigenvalue weighted by Crippen LogP contribution is 2.29. The molecule has 0 aliphatic carbocycles. The molecule has 0 spiro atoms. The van der Waals surface area contributed by atoms with Crippen LogP contribution in [0, 0.1) is 13.8 Å². The topological polar surface area (TPSA) is 61.8 Å². The van der Waals surface area contributed by atoms with Gasteiger partial charge in [-0.1, -0.05) is 63.3 Å². The van der Waals surface area contributed by atoms with Crippen LogP contribution in [0.2, 0.25) is 25.7 Å². The van der Waals surface area contributed by atoms with Crippen molar-refractivity contribution < 1.29 is 23.8 Å². The third kappa shape index (κ3) is 8.71. The molecule has 0 saturated carbocycles. The van der Waals surface area contributed by atoms with Crippen molar-refractivity contribution in [2.75, 3.05) is 6.61 Å². The Balaban J connectivity index is 0.00000233. The van der Waals surface area contributed by atoms with Crippen LogP contribution in [0.4, 0.5) is 0 Å². The molecule has 1 aromatic rings. The lowest BCUT2D eigenvalue weighted by Crippen LogP contribution is -2.23. The molecule has 1 saturated heterocycles. The van der Waals surface area contributed by atoms with Crippen LogP contribution in [0.1, 0.15) is 61.2 Å². The summed E-state index contributed by atoms with van der Waals surface area (Å²) in [6.45, 7) is 18.8. The van der Waals surface area contributed by atoms with Crippen molar-refractivity contribution in [1.82, 2.24) is 0 Å². The molecule has 174 valence electrons. The maximum Gasteiger partial charge on any atom is 0.338 e. The monoisotopic (exact) mass is 448 g/mol. The fourth-order valence-corrected chi connectivity index (χ4v) is 4.14. The Morgan fingerprint density at radius 1 is 1.16 bits per heavy atom. The molecule has 6 heteroatoms. The van der Waals surface area contributed by atoms with Gasteiger partial charge in [-0.05, 0) is 51.3 Å². The Hall–Kier alpha value is -1.76. The van der Waals surface area contributed by atoms with Crippen molar-refractivity contribution in [2.24, 2.45) is 0 Å². The summed E-state index contributed by atoms with van der Waals surface area (Å²) in [6.07, 6.45) is 4.22. The Morgan fingerprint density at radius 3 is 2.39 bits per heavy atom. The number of aryl methyl sites for hydroxylation is 2. The zero-order valence-electron chi connectivity index (χ0n) is 20.7. The van der Waals surface area contributed by atoms with Crippen molar-refractivity contribution in [3.8, 4) is 0 Å². The van der Waals surface area contributed by atoms with Crippen molar-refractivity contribution >= 4 is 26.4 Å². The SMILES string of the molecule is CC.Cc1cc(C)c(C(=O)OCC[Si](C)(C)C)c(/C=C/C[C@@H]2OC(C)(C)OC2C=O)c1. The highest BCUT2D eigenvalue weighted by atomic mass is 28.3. The molecule has 0 bridgehead atoms. The number of esters is 1. The van der Waals surface area contributed by atoms with Crippen LogP contribution in [-0.4, -0.2) is 44.9 Å². The molecule has 2 atom stereocenters. The zero-order chi connectivity index (χ0) is 23.8. The average Bonchev–Trinajstić information content (AvgIpc) is 2.95. The molecule has 1 aliphatic rings. The summed E-state index contributed by atoms with van der Waals surface area (Å²) < 4.78 is 17.0. The first kappa shape index (κ1) is 27.3. The lowest BCUT2D eigenvalue weighted by Gasteiger charge is -2.17. The maximum atomic E-state index is 12.8. The lowest BCUT2D eigenvalue weighted by atomic mass is 9.98. The summed E-state index contributed by atoms with van der Waals surface area (Å²) >= 11 is 0. The minimum absolute atomic E-state index is 0.284. The van der Waals surface area contributed by atoms with Gasteiger partial charge in [-0.2, -0.15) is 0 Å². The van der Waals surface area contributed by atoms with E-state index in [2.05, 4.69) is 19.6 Å². The van der Waals surface area contributed by atoms with Gasteiger partial charge in [0.1, 0.15) is 6.10 Å². The first-order chi connectivity index (χ1) is 14.4. The largest absolute Gasteiger partial charge is 0.462 e. The fourth-order valence-electron chi connectivity index (χ4n) is 3.42. The van der Waals surface area contributed by atoms with Crippen molar-refractivity contribution in [3.05, 3.63) is 40.5 Å². The van der Waals surface area contributed by atoms with Crippen LogP contribution in [0.3, 0.4) is 0 Å². The number of carbonyl (C=O) groups excluding carboxylic acids is 2. The normalized spacial score (nSPS) is 20.3. The number of hydrogen-bond donors (Lipinski definition) is 0. The van der Waals surface area contributed by atoms with E-state index in [4.69, 9.17) is 14.2 Å². The summed E-state index contributed by atoms with van der Waals surface area (Å²) in [5, 5.41) is 0. The van der Waals surface area contributed by atoms with Gasteiger partial charge in [-0.3, -0.25) is 0 Å². The van der Waals surface area contributed by atoms with Crippen molar-refractivity contribution in [3.63, 3.8) is 0 Å². The molecule has 1 aromatic carbocycles. The predicted octanol–water partition coefficient (Wildman–Crippen LogP) is 5.95. The van der Waals surface area contributed by atoms with E-state index in [1.807, 2.05) is 52.0 Å². The standard InChI is InChI=1S/C23H34O5Si.C2H6/c1-16-13-17(2)21(22(25)26-11-12-29(5,6)7)18(14-16)9-8-10-19-20(15-24)28-23(3,4)27-19;1-2/h8-9,13-15,19-20H,10-12H2,1-7H3;1-2H3/b9-8+;/t19-,20?;/m0./s1. The smallest absolute Gasteiger partial charge is 0.338 e. The van der Waals surface area contributed by atoms with Crippen LogP contribution in [0.25, 0.3) is 6.08 Å². The van der Waals surface area contributed by atoms with E-state index in [9.17, 15) is 9.59 Å². The van der Waals surface area contributed by atoms with E-state index in [1.165, 1.54) is 0 Å². The molecule has 0 aromatic heterocycles. The van der Waals surface area contributed by atoms with Crippen LogP contribution in [0.15, 0.2) is 18.2 Å². The molecule has 1 heterocycles. The highest BCUT2D eigenvalue weighted by molar-refractivity contribution is 6.76. The molecule has 31 heavy (non-hydrogen) atoms. The highest BCUT2D eigenvalue weighted by Gasteiger charge is 2.40. The molecule has 5 nitrogen and oxygen atoms in total. The van der Waals surface area contributed by atoms with Gasteiger partial charge in [0.15, 0.2) is 12.1 Å². The first-order valence-electron chi connectivity index (χ1n) is 11.2. The zero-order valence-corrected chi connectivity index (χ0v) is 21.7. The third-order valence-electron chi connectivity index (χ3n) is 4.82. The number of ether oxygens (including phenoxy) is 3. The van der Waals surface area contributed by atoms with Gasteiger partial charge in [0, 0.05) is 8.07 Å². The summed E-state index contributed by atoms with van der Waals surface area (Å²) in [6, 6.07) is 4.91. The molecule has 1 aliphatic heterocycles. The second kappa shape index (κ2) is 11.7. The second-order valence-corrected chi connectivity index (χ2v) is 15.0. The van der Waals surface area contributed by atoms with E-state index in [0.29, 0.717) is 18.6 Å². The Bertz CT molecular complexity index is 777. The third-order valence-corrected chi connectivity index (χ3v) is 6.53. The van der Waals surface area contributed by atoms with Gasteiger partial charge in [0.05, 0.1) is 18.3 Å². The molecule has 2 rings (SSSR count). The van der Waals surface area contributed by atoms with Crippen molar-refractivity contribution in [1.29, 1.82) is 0 Å². The molecule has 1 fully saturated rings. The van der Waals surface area contributed by atoms with Gasteiger partial charge in [0.25, 0.3) is 0 Å². The summed E-state index contributed by atoms with van der Waals surface area (Å²) in [5.74, 6) is -1.05. The number of carbonyl (C=O) groups is 2. The van der Waals surface area contributed by atoms with E-state index >= 15 is 0 Å². The Kier molecular flexibility index (Phi) is 10.3. The second-order valence-electron chi connectivity index (χ2n) is 9.41. The maximum absolute atomic E-state index is 12.8. The lowest BCUT2D eigenvalue weighted by molar-refractivity contribution is -0.149. The quantitative estimate of drug-likeness (QED) is 0.279. The van der Waals surface area contributed by atoms with Crippen molar-refractivity contribution in [2.45, 2.75) is 91.6 Å². The minimum Gasteiger partial charge on any atom is -0.462 e. The van der Waals surface area contributed by atoms with Crippen LogP contribution < -0.4 is 0 Å². The van der Waals surface area contributed by atoms with Crippen LogP contribution in [-0.2, 0) is 19.0 Å². The molecule has 1 unspecified atom stereocenters. The van der Waals surface area contributed by atoms with E-state index in [0.717, 1.165) is 29.0 Å². The van der Waals surface area contributed by atoms with Gasteiger partial charge in [-0.25, -0.2) is 4.79 Å². The van der Waals surface area contributed by atoms with E-state index < -0.39 is 20.0 Å². The Labute approximate surface area is 189 Å². The van der Waals surface area contributed by atoms with Gasteiger partial charge < -0.3 is 19.0 Å². The van der Waals surface area contributed by atoms with Gasteiger partial charge >= 0.3 is 5.97 Å². The molecular weight excluding hydrogens is 408 g/mol. The van der Waals surface area contributed by atoms with Crippen LogP contribution >= 0.6 is 0 Å². The number of benzene rings is 1. The number of hydrogen-bond acceptors (Lipinski definition) is 5. The summed E-state index contributed by atoms with van der Waals surface area (Å²) in [4.78, 5) is 24.0. The fraction of sp³-hybridized carbons (Fsp3) is 0.600. The van der Waals surface area contributed by atoms with E-state index in [1.54, 1.807) is 13.8 Å². The van der Waals surface area contributed by atoms with Crippen LogP contribution in [0.5, 0.6) is 0 Å². The average molecular weight is 449 g/mol. The minimum atomic E-state index is -1.26. The molecule has 0 amide bonds.